The number of unbranched alkanes of at least 4 members (excludes halogenated alkanes) is 24. The Morgan fingerprint density at radius 2 is 0.950 bits per heavy atom. The van der Waals surface area contributed by atoms with Gasteiger partial charge in [0.1, 0.15) is 48.8 Å². The van der Waals surface area contributed by atoms with Crippen molar-refractivity contribution in [1.82, 2.24) is 5.32 Å². The molecule has 0 bridgehead atoms. The summed E-state index contributed by atoms with van der Waals surface area (Å²) in [7, 11) is 0. The van der Waals surface area contributed by atoms with Crippen LogP contribution in [0.4, 0.5) is 0 Å². The second kappa shape index (κ2) is 34.4. The fraction of sp³-hybridized carbons (Fsp3) is 0.978. The van der Waals surface area contributed by atoms with E-state index in [9.17, 15) is 45.6 Å². The summed E-state index contributed by atoms with van der Waals surface area (Å²) < 4.78 is 22.7. The first kappa shape index (κ1) is 55.1. The number of ether oxygens (including phenoxy) is 4. The lowest BCUT2D eigenvalue weighted by Gasteiger charge is -2.46. The van der Waals surface area contributed by atoms with Crippen molar-refractivity contribution in [2.24, 2.45) is 0 Å². The number of aliphatic hydroxyl groups excluding tert-OH is 8. The van der Waals surface area contributed by atoms with Crippen LogP contribution in [0.15, 0.2) is 0 Å². The summed E-state index contributed by atoms with van der Waals surface area (Å²) in [6.45, 7) is 2.81. The van der Waals surface area contributed by atoms with Crippen LogP contribution in [0.25, 0.3) is 0 Å². The summed E-state index contributed by atoms with van der Waals surface area (Å²) in [5, 5.41) is 86.6. The third-order valence-electron chi connectivity index (χ3n) is 12.3. The summed E-state index contributed by atoms with van der Waals surface area (Å²) >= 11 is 0. The molecule has 0 saturated carbocycles. The third kappa shape index (κ3) is 22.1. The van der Waals surface area contributed by atoms with Gasteiger partial charge in [-0.05, 0) is 12.8 Å². The molecule has 2 aliphatic heterocycles. The van der Waals surface area contributed by atoms with E-state index in [1.54, 1.807) is 0 Å². The van der Waals surface area contributed by atoms with Gasteiger partial charge in [0.05, 0.1) is 32.0 Å². The van der Waals surface area contributed by atoms with E-state index in [1.807, 2.05) is 0 Å². The number of rotatable bonds is 37. The number of carbonyl (C=O) groups is 1. The molecule has 2 fully saturated rings. The average Bonchev–Trinajstić information content (AvgIpc) is 3.24. The Balaban J connectivity index is 1.81. The molecule has 2 rings (SSSR count). The molecule has 0 aromatic rings. The van der Waals surface area contributed by atoms with Gasteiger partial charge in [-0.3, -0.25) is 4.79 Å². The zero-order valence-corrected chi connectivity index (χ0v) is 37.5. The van der Waals surface area contributed by atoms with Gasteiger partial charge < -0.3 is 65.1 Å². The molecule has 12 unspecified atom stereocenters. The van der Waals surface area contributed by atoms with E-state index in [-0.39, 0.29) is 12.5 Å². The van der Waals surface area contributed by atoms with E-state index in [0.717, 1.165) is 51.4 Å². The lowest BCUT2D eigenvalue weighted by atomic mass is 9.97. The zero-order chi connectivity index (χ0) is 44.0. The zero-order valence-electron chi connectivity index (χ0n) is 37.5. The number of hydrogen-bond donors (Lipinski definition) is 9. The molecule has 0 radical (unpaired) electrons. The van der Waals surface area contributed by atoms with E-state index >= 15 is 0 Å². The van der Waals surface area contributed by atoms with Crippen molar-refractivity contribution >= 4 is 5.91 Å². The quantitative estimate of drug-likeness (QED) is 0.0356. The van der Waals surface area contributed by atoms with Crippen LogP contribution < -0.4 is 5.32 Å². The molecule has 2 aliphatic rings. The smallest absolute Gasteiger partial charge is 0.220 e. The van der Waals surface area contributed by atoms with Gasteiger partial charge in [-0.15, -0.1) is 0 Å². The van der Waals surface area contributed by atoms with Crippen LogP contribution in [0.3, 0.4) is 0 Å². The highest BCUT2D eigenvalue weighted by Gasteiger charge is 2.51. The normalized spacial score (nSPS) is 28.2. The van der Waals surface area contributed by atoms with Crippen molar-refractivity contribution in [2.45, 2.75) is 267 Å². The lowest BCUT2D eigenvalue weighted by Crippen LogP contribution is -2.65. The Morgan fingerprint density at radius 3 is 1.42 bits per heavy atom. The number of nitrogens with one attached hydrogen (secondary N) is 1. The summed E-state index contributed by atoms with van der Waals surface area (Å²) in [6, 6.07) is -0.819. The predicted octanol–water partition coefficient (Wildman–Crippen LogP) is 5.44. The summed E-state index contributed by atoms with van der Waals surface area (Å²) in [4.78, 5) is 13.1. The van der Waals surface area contributed by atoms with Gasteiger partial charge in [-0.2, -0.15) is 0 Å². The first-order valence-corrected chi connectivity index (χ1v) is 24.3. The molecule has 0 aromatic carbocycles. The Bertz CT molecular complexity index is 1020. The monoisotopic (exact) mass is 864 g/mol. The highest BCUT2D eigenvalue weighted by atomic mass is 16.7. The lowest BCUT2D eigenvalue weighted by molar-refractivity contribution is -0.359. The topological polar surface area (TPSA) is 228 Å². The van der Waals surface area contributed by atoms with Crippen LogP contribution in [0, 0.1) is 0 Å². The highest BCUT2D eigenvalue weighted by molar-refractivity contribution is 5.76. The van der Waals surface area contributed by atoms with E-state index in [0.29, 0.717) is 12.8 Å². The molecular weight excluding hydrogens is 774 g/mol. The Hall–Kier alpha value is -1.01. The Labute approximate surface area is 362 Å². The molecule has 0 spiro atoms. The second-order valence-corrected chi connectivity index (χ2v) is 17.6. The van der Waals surface area contributed by atoms with Crippen molar-refractivity contribution in [3.8, 4) is 0 Å². The predicted molar refractivity (Wildman–Crippen MR) is 231 cm³/mol. The minimum Gasteiger partial charge on any atom is -0.394 e. The molecule has 356 valence electrons. The van der Waals surface area contributed by atoms with Crippen LogP contribution in [0.1, 0.15) is 194 Å². The van der Waals surface area contributed by atoms with Gasteiger partial charge in [-0.1, -0.05) is 174 Å². The molecule has 2 heterocycles. The van der Waals surface area contributed by atoms with Crippen LogP contribution >= 0.6 is 0 Å². The molecule has 0 aliphatic carbocycles. The molecule has 60 heavy (non-hydrogen) atoms. The van der Waals surface area contributed by atoms with Gasteiger partial charge >= 0.3 is 0 Å². The molecule has 1 amide bonds. The van der Waals surface area contributed by atoms with Gasteiger partial charge in [0.15, 0.2) is 12.6 Å². The van der Waals surface area contributed by atoms with Crippen LogP contribution in [-0.4, -0.2) is 140 Å². The fourth-order valence-corrected chi connectivity index (χ4v) is 8.30. The Kier molecular flexibility index (Phi) is 31.6. The largest absolute Gasteiger partial charge is 0.394 e. The maximum Gasteiger partial charge on any atom is 0.220 e. The number of carbonyl (C=O) groups excluding carboxylic acids is 1. The minimum atomic E-state index is -1.78. The number of amides is 1. The van der Waals surface area contributed by atoms with Crippen molar-refractivity contribution in [2.75, 3.05) is 19.8 Å². The average molecular weight is 864 g/mol. The first-order valence-electron chi connectivity index (χ1n) is 24.3. The molecule has 9 N–H and O–H groups in total. The molecule has 14 heteroatoms. The van der Waals surface area contributed by atoms with Crippen LogP contribution in [0.5, 0.6) is 0 Å². The van der Waals surface area contributed by atoms with Crippen molar-refractivity contribution in [3.05, 3.63) is 0 Å². The maximum atomic E-state index is 13.1. The van der Waals surface area contributed by atoms with Gasteiger partial charge in [0.2, 0.25) is 5.91 Å². The van der Waals surface area contributed by atoms with E-state index < -0.39 is 86.8 Å². The SMILES string of the molecule is CCCCCCCCCCCCCCCCCCCCC(O)C(COC1OC(CO)C(OC2OC(CO)C(O)C(O)C2O)C(O)C1O)NC(=O)CCCCCCCCCC. The molecular formula is C46H89NO13. The highest BCUT2D eigenvalue weighted by Crippen LogP contribution is 2.30. The fourth-order valence-electron chi connectivity index (χ4n) is 8.30. The first-order chi connectivity index (χ1) is 29.1. The van der Waals surface area contributed by atoms with Crippen molar-refractivity contribution in [1.29, 1.82) is 0 Å². The van der Waals surface area contributed by atoms with Crippen molar-refractivity contribution in [3.63, 3.8) is 0 Å². The van der Waals surface area contributed by atoms with Crippen LogP contribution in [-0.2, 0) is 23.7 Å². The third-order valence-corrected chi connectivity index (χ3v) is 12.3. The molecule has 12 atom stereocenters. The standard InChI is InChI=1S/C46H89NO13/c1-3-5-7-9-11-13-14-15-16-17-18-19-20-21-22-23-25-27-29-35(50)34(47-38(51)30-28-26-24-12-10-8-6-4-2)33-57-45-43(56)41(54)44(37(32-49)59-45)60-46-42(55)40(53)39(52)36(31-48)58-46/h34-37,39-46,48-50,52-56H,3-33H2,1-2H3,(H,47,51). The van der Waals surface area contributed by atoms with E-state index in [2.05, 4.69) is 19.2 Å². The molecule has 14 nitrogen and oxygen atoms in total. The molecule has 0 aromatic heterocycles. The van der Waals surface area contributed by atoms with E-state index in [1.165, 1.54) is 116 Å². The van der Waals surface area contributed by atoms with Gasteiger partial charge in [0.25, 0.3) is 0 Å². The van der Waals surface area contributed by atoms with Gasteiger partial charge in [-0.25, -0.2) is 0 Å². The van der Waals surface area contributed by atoms with Crippen LogP contribution in [0.2, 0.25) is 0 Å². The summed E-state index contributed by atoms with van der Waals surface area (Å²) in [5.74, 6) is -0.210. The van der Waals surface area contributed by atoms with E-state index in [4.69, 9.17) is 18.9 Å². The summed E-state index contributed by atoms with van der Waals surface area (Å²) in [6.07, 6.45) is 15.6. The molecule has 2 saturated heterocycles. The van der Waals surface area contributed by atoms with Gasteiger partial charge in [0, 0.05) is 6.42 Å². The number of hydrogen-bond acceptors (Lipinski definition) is 13. The summed E-state index contributed by atoms with van der Waals surface area (Å²) in [5.41, 5.74) is 0. The number of aliphatic hydroxyl groups is 8. The Morgan fingerprint density at radius 1 is 0.533 bits per heavy atom. The minimum absolute atomic E-state index is 0.210. The van der Waals surface area contributed by atoms with Crippen molar-refractivity contribution < 1.29 is 64.6 Å². The maximum absolute atomic E-state index is 13.1. The second-order valence-electron chi connectivity index (χ2n) is 17.6.